The number of hydrogen-bond acceptors (Lipinski definition) is 8. The predicted octanol–water partition coefficient (Wildman–Crippen LogP) is -1.14. The minimum atomic E-state index is -3.82. The molecular formula is C4O8P+. The summed E-state index contributed by atoms with van der Waals surface area (Å²) in [7, 11) is -3.82. The van der Waals surface area contributed by atoms with Gasteiger partial charge in [0.2, 0.25) is 0 Å². The zero-order chi connectivity index (χ0) is 9.64. The molecule has 0 atom stereocenters. The van der Waals surface area contributed by atoms with E-state index >= 15 is 0 Å². The Morgan fingerprint density at radius 3 is 1.08 bits per heavy atom. The van der Waals surface area contributed by atoms with Crippen LogP contribution < -0.4 is 0 Å². The molecule has 2 saturated heterocycles. The van der Waals surface area contributed by atoms with Crippen LogP contribution in [0.15, 0.2) is 0 Å². The lowest BCUT2D eigenvalue weighted by Gasteiger charge is -1.96. The van der Waals surface area contributed by atoms with E-state index in [2.05, 4.69) is 18.1 Å². The van der Waals surface area contributed by atoms with Crippen molar-refractivity contribution in [2.75, 3.05) is 0 Å². The van der Waals surface area contributed by atoms with Gasteiger partial charge in [-0.3, -0.25) is 0 Å². The molecule has 68 valence electrons. The van der Waals surface area contributed by atoms with E-state index in [9.17, 15) is 19.2 Å². The van der Waals surface area contributed by atoms with Crippen molar-refractivity contribution in [1.29, 1.82) is 0 Å². The third-order valence-corrected chi connectivity index (χ3v) is 2.67. The van der Waals surface area contributed by atoms with Crippen molar-refractivity contribution in [3.8, 4) is 0 Å². The van der Waals surface area contributed by atoms with Gasteiger partial charge in [-0.2, -0.15) is 18.1 Å². The fourth-order valence-electron chi connectivity index (χ4n) is 0.667. The Kier molecular flexibility index (Phi) is 1.32. The molecule has 13 heavy (non-hydrogen) atoms. The van der Waals surface area contributed by atoms with Crippen LogP contribution in [0.25, 0.3) is 0 Å². The first-order valence-electron chi connectivity index (χ1n) is 2.86. The van der Waals surface area contributed by atoms with Crippen LogP contribution in [0, 0.1) is 0 Å². The van der Waals surface area contributed by atoms with Crippen LogP contribution in [0.1, 0.15) is 0 Å². The number of hydrogen-bond donors (Lipinski definition) is 0. The highest BCUT2D eigenvalue weighted by atomic mass is 31.2. The maximum atomic E-state index is 10.5. The zero-order valence-electron chi connectivity index (χ0n) is 5.71. The molecule has 2 rings (SSSR count). The monoisotopic (exact) mass is 207 g/mol. The van der Waals surface area contributed by atoms with Crippen molar-refractivity contribution in [2.45, 2.75) is 0 Å². The Labute approximate surface area is 70.4 Å². The van der Waals surface area contributed by atoms with Crippen molar-refractivity contribution < 1.29 is 37.3 Å². The fraction of sp³-hybridized carbons (Fsp3) is 0. The van der Waals surface area contributed by atoms with E-state index < -0.39 is 32.0 Å². The minimum Gasteiger partial charge on any atom is -0.233 e. The SMILES string of the molecule is O=C1O[P+]2(OC1=O)OC(=O)C(=O)O2. The Hall–Kier alpha value is -1.69. The molecule has 0 aliphatic carbocycles. The van der Waals surface area contributed by atoms with Gasteiger partial charge in [0.15, 0.2) is 0 Å². The molecule has 0 N–H and O–H groups in total. The molecule has 8 nitrogen and oxygen atoms in total. The van der Waals surface area contributed by atoms with E-state index in [0.717, 1.165) is 0 Å². The Bertz CT molecular complexity index is 275. The predicted molar refractivity (Wildman–Crippen MR) is 31.3 cm³/mol. The molecule has 2 aliphatic heterocycles. The van der Waals surface area contributed by atoms with Crippen molar-refractivity contribution in [3.63, 3.8) is 0 Å². The average Bonchev–Trinajstić information content (AvgIpc) is 2.39. The molecular weight excluding hydrogens is 207 g/mol. The largest absolute Gasteiger partial charge is 0.781 e. The lowest BCUT2D eigenvalue weighted by atomic mass is 10.7. The quantitative estimate of drug-likeness (QED) is 0.362. The normalized spacial score (nSPS) is 24.0. The van der Waals surface area contributed by atoms with E-state index in [4.69, 9.17) is 0 Å². The molecule has 0 bridgehead atoms. The van der Waals surface area contributed by atoms with Gasteiger partial charge in [-0.15, -0.1) is 0 Å². The summed E-state index contributed by atoms with van der Waals surface area (Å²) in [6.07, 6.45) is 0. The van der Waals surface area contributed by atoms with Crippen LogP contribution in [0.5, 0.6) is 0 Å². The van der Waals surface area contributed by atoms with E-state index in [1.54, 1.807) is 0 Å². The first kappa shape index (κ1) is 7.93. The Morgan fingerprint density at radius 1 is 0.615 bits per heavy atom. The van der Waals surface area contributed by atoms with Crippen LogP contribution in [-0.4, -0.2) is 23.9 Å². The fourth-order valence-corrected chi connectivity index (χ4v) is 2.00. The lowest BCUT2D eigenvalue weighted by Crippen LogP contribution is -2.05. The van der Waals surface area contributed by atoms with Crippen LogP contribution in [0.3, 0.4) is 0 Å². The number of carbonyl (C=O) groups is 4. The summed E-state index contributed by atoms with van der Waals surface area (Å²) in [5.74, 6) is -5.40. The molecule has 0 saturated carbocycles. The molecule has 2 heterocycles. The van der Waals surface area contributed by atoms with Crippen LogP contribution in [-0.2, 0) is 37.3 Å². The molecule has 2 aliphatic rings. The van der Waals surface area contributed by atoms with Gasteiger partial charge in [-0.25, -0.2) is 19.2 Å². The van der Waals surface area contributed by atoms with Gasteiger partial charge in [0.05, 0.1) is 0 Å². The average molecular weight is 207 g/mol. The van der Waals surface area contributed by atoms with Crippen molar-refractivity contribution in [1.82, 2.24) is 0 Å². The molecule has 9 heteroatoms. The van der Waals surface area contributed by atoms with Crippen LogP contribution in [0.2, 0.25) is 0 Å². The summed E-state index contributed by atoms with van der Waals surface area (Å²) in [5.41, 5.74) is 0. The van der Waals surface area contributed by atoms with Gasteiger partial charge in [0, 0.05) is 0 Å². The van der Waals surface area contributed by atoms with E-state index in [1.807, 2.05) is 0 Å². The molecule has 0 aromatic heterocycles. The maximum Gasteiger partial charge on any atom is 0.781 e. The summed E-state index contributed by atoms with van der Waals surface area (Å²) in [5, 5.41) is 0. The minimum absolute atomic E-state index is 1.35. The van der Waals surface area contributed by atoms with Gasteiger partial charge >= 0.3 is 32.0 Å². The maximum absolute atomic E-state index is 10.5. The number of carbonyl (C=O) groups excluding carboxylic acids is 4. The summed E-state index contributed by atoms with van der Waals surface area (Å²) in [6, 6.07) is 0. The second kappa shape index (κ2) is 2.17. The van der Waals surface area contributed by atoms with E-state index in [0.29, 0.717) is 0 Å². The Balaban J connectivity index is 2.27. The summed E-state index contributed by atoms with van der Waals surface area (Å²) < 4.78 is 16.7. The first-order chi connectivity index (χ1) is 6.02. The standard InChI is InChI=1S/C4O8P/c5-1-2(6)10-13(9-1)11-3(7)4(8)12-13/q+1. The van der Waals surface area contributed by atoms with E-state index in [-0.39, 0.29) is 0 Å². The van der Waals surface area contributed by atoms with Crippen LogP contribution >= 0.6 is 8.17 Å². The second-order valence-electron chi connectivity index (χ2n) is 1.96. The highest BCUT2D eigenvalue weighted by Gasteiger charge is 2.75. The zero-order valence-corrected chi connectivity index (χ0v) is 6.61. The third-order valence-electron chi connectivity index (χ3n) is 1.11. The van der Waals surface area contributed by atoms with Crippen molar-refractivity contribution in [2.24, 2.45) is 0 Å². The number of rotatable bonds is 0. The molecule has 0 radical (unpaired) electrons. The molecule has 0 aromatic carbocycles. The van der Waals surface area contributed by atoms with Gasteiger partial charge in [0.25, 0.3) is 0 Å². The lowest BCUT2D eigenvalue weighted by molar-refractivity contribution is -0.150. The van der Waals surface area contributed by atoms with Gasteiger partial charge in [-0.05, 0) is 0 Å². The molecule has 0 unspecified atom stereocenters. The molecule has 0 aromatic rings. The van der Waals surface area contributed by atoms with Gasteiger partial charge in [-0.1, -0.05) is 0 Å². The molecule has 0 amide bonds. The summed E-state index contributed by atoms with van der Waals surface area (Å²) in [6.45, 7) is 0. The third kappa shape index (κ3) is 1.03. The van der Waals surface area contributed by atoms with Gasteiger partial charge < -0.3 is 0 Å². The summed E-state index contributed by atoms with van der Waals surface area (Å²) >= 11 is 0. The van der Waals surface area contributed by atoms with E-state index in [1.165, 1.54) is 0 Å². The highest BCUT2D eigenvalue weighted by Crippen LogP contribution is 2.69. The topological polar surface area (TPSA) is 105 Å². The summed E-state index contributed by atoms with van der Waals surface area (Å²) in [4.78, 5) is 42.0. The van der Waals surface area contributed by atoms with Crippen molar-refractivity contribution in [3.05, 3.63) is 0 Å². The van der Waals surface area contributed by atoms with Gasteiger partial charge in [0.1, 0.15) is 0 Å². The van der Waals surface area contributed by atoms with Crippen molar-refractivity contribution >= 4 is 32.0 Å². The van der Waals surface area contributed by atoms with Crippen LogP contribution in [0.4, 0.5) is 0 Å². The first-order valence-corrected chi connectivity index (χ1v) is 4.32. The second-order valence-corrected chi connectivity index (χ2v) is 3.59. The smallest absolute Gasteiger partial charge is 0.233 e. The molecule has 2 fully saturated rings. The molecule has 1 spiro atoms. The highest BCUT2D eigenvalue weighted by molar-refractivity contribution is 7.60. The Morgan fingerprint density at radius 2 is 0.846 bits per heavy atom.